The summed E-state index contributed by atoms with van der Waals surface area (Å²) < 4.78 is 18.7. The molecule has 5 heteroatoms. The Kier molecular flexibility index (Phi) is 4.45. The fourth-order valence-electron chi connectivity index (χ4n) is 5.72. The molecule has 8 atom stereocenters. The van der Waals surface area contributed by atoms with Gasteiger partial charge in [-0.2, -0.15) is 0 Å². The van der Waals surface area contributed by atoms with E-state index < -0.39 is 11.4 Å². The molecule has 2 unspecified atom stereocenters. The first kappa shape index (κ1) is 17.2. The summed E-state index contributed by atoms with van der Waals surface area (Å²) in [4.78, 5) is 12.0. The predicted molar refractivity (Wildman–Crippen MR) is 87.7 cm³/mol. The van der Waals surface area contributed by atoms with Crippen LogP contribution in [0.25, 0.3) is 0 Å². The Bertz CT molecular complexity index is 471. The number of hydrogen-bond donors (Lipinski definition) is 0. The van der Waals surface area contributed by atoms with Gasteiger partial charge in [-0.3, -0.25) is 0 Å². The van der Waals surface area contributed by atoms with Crippen LogP contribution >= 0.6 is 0 Å². The Balaban J connectivity index is 1.75. The molecule has 0 aromatic heterocycles. The van der Waals surface area contributed by atoms with Gasteiger partial charge < -0.3 is 14.2 Å². The van der Waals surface area contributed by atoms with E-state index in [1.54, 1.807) is 0 Å². The van der Waals surface area contributed by atoms with Gasteiger partial charge in [-0.1, -0.05) is 20.3 Å². The molecule has 5 aliphatic rings. The molecule has 1 spiro atoms. The lowest BCUT2D eigenvalue weighted by molar-refractivity contribution is -0.578. The van der Waals surface area contributed by atoms with Crippen LogP contribution in [0.3, 0.4) is 0 Å². The van der Waals surface area contributed by atoms with Crippen LogP contribution in [0, 0.1) is 23.7 Å². The van der Waals surface area contributed by atoms with Crippen LogP contribution in [0.4, 0.5) is 0 Å². The topological polar surface area (TPSA) is 46.2 Å². The molecule has 5 fully saturated rings. The van der Waals surface area contributed by atoms with E-state index in [9.17, 15) is 0 Å². The van der Waals surface area contributed by atoms with Gasteiger partial charge in [0.15, 0.2) is 18.2 Å². The second-order valence-corrected chi connectivity index (χ2v) is 8.32. The van der Waals surface area contributed by atoms with Gasteiger partial charge in [-0.05, 0) is 51.4 Å². The Hall–Kier alpha value is -0.200. The van der Waals surface area contributed by atoms with Crippen LogP contribution in [0.2, 0.25) is 0 Å². The molecule has 0 amide bonds. The summed E-state index contributed by atoms with van der Waals surface area (Å²) in [7, 11) is 0. The Morgan fingerprint density at radius 1 is 1.08 bits per heavy atom. The highest BCUT2D eigenvalue weighted by Crippen LogP contribution is 2.61. The zero-order valence-electron chi connectivity index (χ0n) is 15.5. The number of rotatable bonds is 4. The lowest BCUT2D eigenvalue weighted by Gasteiger charge is -2.60. The largest absolute Gasteiger partial charge is 0.353 e. The molecule has 24 heavy (non-hydrogen) atoms. The van der Waals surface area contributed by atoms with E-state index in [4.69, 9.17) is 24.0 Å². The normalized spacial score (nSPS) is 53.5. The first-order valence-electron chi connectivity index (χ1n) is 9.85. The van der Waals surface area contributed by atoms with Crippen molar-refractivity contribution in [1.82, 2.24) is 0 Å². The van der Waals surface area contributed by atoms with Crippen LogP contribution in [-0.4, -0.2) is 30.6 Å². The van der Waals surface area contributed by atoms with Crippen molar-refractivity contribution in [2.75, 3.05) is 6.61 Å². The maximum absolute atomic E-state index is 6.40. The van der Waals surface area contributed by atoms with Gasteiger partial charge in [-0.15, -0.1) is 0 Å². The molecular formula is C19H32O5. The van der Waals surface area contributed by atoms with E-state index in [1.165, 1.54) is 6.42 Å². The van der Waals surface area contributed by atoms with Gasteiger partial charge in [0, 0.05) is 24.9 Å². The molecular weight excluding hydrogens is 308 g/mol. The van der Waals surface area contributed by atoms with Crippen molar-refractivity contribution in [2.24, 2.45) is 23.7 Å². The van der Waals surface area contributed by atoms with E-state index in [-0.39, 0.29) is 12.6 Å². The minimum Gasteiger partial charge on any atom is -0.353 e. The molecule has 0 aromatic carbocycles. The molecule has 2 bridgehead atoms. The highest BCUT2D eigenvalue weighted by molar-refractivity contribution is 5.09. The summed E-state index contributed by atoms with van der Waals surface area (Å²) in [6, 6.07) is 0. The molecule has 5 rings (SSSR count). The van der Waals surface area contributed by atoms with Gasteiger partial charge >= 0.3 is 0 Å². The van der Waals surface area contributed by atoms with E-state index in [2.05, 4.69) is 13.8 Å². The third-order valence-electron chi connectivity index (χ3n) is 6.85. The molecule has 4 heterocycles. The zero-order valence-corrected chi connectivity index (χ0v) is 15.5. The molecule has 4 saturated heterocycles. The molecule has 5 nitrogen and oxygen atoms in total. The van der Waals surface area contributed by atoms with Crippen LogP contribution in [0.1, 0.15) is 66.2 Å². The number of ether oxygens (including phenoxy) is 3. The van der Waals surface area contributed by atoms with Gasteiger partial charge in [0.2, 0.25) is 5.79 Å². The smallest absolute Gasteiger partial charge is 0.201 e. The van der Waals surface area contributed by atoms with Crippen molar-refractivity contribution in [3.8, 4) is 0 Å². The highest BCUT2D eigenvalue weighted by Gasteiger charge is 2.69. The lowest BCUT2D eigenvalue weighted by atomic mass is 9.57. The van der Waals surface area contributed by atoms with E-state index in [0.29, 0.717) is 30.3 Å². The second kappa shape index (κ2) is 6.20. The van der Waals surface area contributed by atoms with Crippen LogP contribution in [0.5, 0.6) is 0 Å². The Labute approximate surface area is 145 Å². The van der Waals surface area contributed by atoms with Crippen molar-refractivity contribution in [3.63, 3.8) is 0 Å². The first-order chi connectivity index (χ1) is 11.5. The maximum atomic E-state index is 6.40. The van der Waals surface area contributed by atoms with Crippen molar-refractivity contribution < 1.29 is 24.0 Å². The monoisotopic (exact) mass is 340 g/mol. The van der Waals surface area contributed by atoms with Crippen LogP contribution in [0.15, 0.2) is 0 Å². The standard InChI is InChI=1S/C19H32O5/c1-5-7-13-15-9-8-12(3)14-10-11-18(4)22-17(19(14,15)24-23-18)21-16(13)20-6-2/h12-17H,5-11H2,1-4H3/t12-,13-,14+,15+,16?,17?,18-,19-/m1/s1. The summed E-state index contributed by atoms with van der Waals surface area (Å²) >= 11 is 0. The van der Waals surface area contributed by atoms with Crippen molar-refractivity contribution in [3.05, 3.63) is 0 Å². The third kappa shape index (κ3) is 2.39. The average Bonchev–Trinajstić information content (AvgIpc) is 2.78. The van der Waals surface area contributed by atoms with Gasteiger partial charge in [0.05, 0.1) is 0 Å². The quantitative estimate of drug-likeness (QED) is 0.724. The van der Waals surface area contributed by atoms with Crippen LogP contribution in [-0.2, 0) is 24.0 Å². The molecule has 1 aliphatic carbocycles. The summed E-state index contributed by atoms with van der Waals surface area (Å²) in [5, 5.41) is 0. The Morgan fingerprint density at radius 3 is 2.67 bits per heavy atom. The average molecular weight is 340 g/mol. The minimum absolute atomic E-state index is 0.198. The van der Waals surface area contributed by atoms with Crippen LogP contribution < -0.4 is 0 Å². The second-order valence-electron chi connectivity index (χ2n) is 8.32. The minimum atomic E-state index is -0.702. The molecule has 4 aliphatic heterocycles. The third-order valence-corrected chi connectivity index (χ3v) is 6.85. The first-order valence-corrected chi connectivity index (χ1v) is 9.85. The molecule has 0 N–H and O–H groups in total. The summed E-state index contributed by atoms with van der Waals surface area (Å²) in [5.74, 6) is 1.04. The zero-order chi connectivity index (χ0) is 16.9. The summed E-state index contributed by atoms with van der Waals surface area (Å²) in [5.41, 5.74) is -0.471. The number of fused-ring (bicyclic) bond motifs is 2. The summed E-state index contributed by atoms with van der Waals surface area (Å²) in [6.07, 6.45) is 5.93. The maximum Gasteiger partial charge on any atom is 0.201 e. The van der Waals surface area contributed by atoms with Gasteiger partial charge in [-0.25, -0.2) is 9.78 Å². The van der Waals surface area contributed by atoms with Gasteiger partial charge in [0.25, 0.3) is 0 Å². The molecule has 1 saturated carbocycles. The highest BCUT2D eigenvalue weighted by atomic mass is 17.3. The van der Waals surface area contributed by atoms with E-state index in [0.717, 1.165) is 32.1 Å². The number of hydrogen-bond acceptors (Lipinski definition) is 5. The van der Waals surface area contributed by atoms with Gasteiger partial charge in [0.1, 0.15) is 0 Å². The van der Waals surface area contributed by atoms with E-state index in [1.807, 2.05) is 13.8 Å². The fraction of sp³-hybridized carbons (Fsp3) is 1.00. The summed E-state index contributed by atoms with van der Waals surface area (Å²) in [6.45, 7) is 9.23. The fourth-order valence-corrected chi connectivity index (χ4v) is 5.72. The SMILES string of the molecule is CCC[C@H]1C(OCC)OC2O[C@@]3(C)CC[C@H]4[C@H](C)CC[C@@H]1[C@@]24OO3. The van der Waals surface area contributed by atoms with E-state index >= 15 is 0 Å². The van der Waals surface area contributed by atoms with Crippen molar-refractivity contribution in [1.29, 1.82) is 0 Å². The van der Waals surface area contributed by atoms with Crippen molar-refractivity contribution in [2.45, 2.75) is 90.2 Å². The predicted octanol–water partition coefficient (Wildman–Crippen LogP) is 4.01. The Morgan fingerprint density at radius 2 is 1.92 bits per heavy atom. The molecule has 0 radical (unpaired) electrons. The molecule has 0 aromatic rings. The molecule has 138 valence electrons. The van der Waals surface area contributed by atoms with Crippen molar-refractivity contribution >= 4 is 0 Å². The lowest BCUT2D eigenvalue weighted by Crippen LogP contribution is -2.70.